The van der Waals surface area contributed by atoms with E-state index in [1.807, 2.05) is 0 Å². The zero-order valence-electron chi connectivity index (χ0n) is 16.1. The number of nitrogens with two attached hydrogens (primary N) is 1. The Balaban J connectivity index is 1.80. The molecule has 0 unspecified atom stereocenters. The van der Waals surface area contributed by atoms with E-state index in [4.69, 9.17) is 22.1 Å². The average Bonchev–Trinajstić information content (AvgIpc) is 3.06. The molecular weight excluding hydrogens is 402 g/mol. The third kappa shape index (κ3) is 3.38. The molecule has 0 saturated carbocycles. The number of para-hydroxylation sites is 1. The Labute approximate surface area is 177 Å². The van der Waals surface area contributed by atoms with Gasteiger partial charge in [0.25, 0.3) is 5.91 Å². The number of anilines is 2. The van der Waals surface area contributed by atoms with E-state index in [0.29, 0.717) is 27.5 Å². The molecule has 7 heteroatoms. The Kier molecular flexibility index (Phi) is 5.16. The molecule has 4 rings (SSSR count). The minimum Gasteiger partial charge on any atom is -0.497 e. The van der Waals surface area contributed by atoms with Crippen molar-refractivity contribution in [2.75, 3.05) is 18.2 Å². The van der Waals surface area contributed by atoms with Crippen molar-refractivity contribution in [2.45, 2.75) is 0 Å². The molecule has 2 aromatic carbocycles. The lowest BCUT2D eigenvalue weighted by Crippen LogP contribution is -2.14. The van der Waals surface area contributed by atoms with Crippen LogP contribution in [0.1, 0.15) is 26.4 Å². The van der Waals surface area contributed by atoms with E-state index in [1.165, 1.54) is 0 Å². The number of benzene rings is 2. The predicted molar refractivity (Wildman–Crippen MR) is 118 cm³/mol. The maximum atomic E-state index is 13.2. The first-order chi connectivity index (χ1) is 14.5. The highest BCUT2D eigenvalue weighted by molar-refractivity contribution is 6.34. The van der Waals surface area contributed by atoms with E-state index >= 15 is 0 Å². The first kappa shape index (κ1) is 19.5. The molecular formula is C23H18ClN3O3. The standard InChI is InChI=1S/C23H18ClN3O3/c1-30-15-11-9-14(10-12-15)22(28)21-20(25)19(18-8-4-5-13-27(18)21)23(29)26-17-7-3-2-6-16(17)24/h2-13H,25H2,1H3,(H,26,29). The zero-order chi connectivity index (χ0) is 21.3. The van der Waals surface area contributed by atoms with Crippen molar-refractivity contribution in [2.24, 2.45) is 0 Å². The Morgan fingerprint density at radius 2 is 1.70 bits per heavy atom. The number of nitrogens with zero attached hydrogens (tertiary/aromatic N) is 1. The van der Waals surface area contributed by atoms with E-state index in [2.05, 4.69) is 5.32 Å². The van der Waals surface area contributed by atoms with E-state index in [9.17, 15) is 9.59 Å². The maximum Gasteiger partial charge on any atom is 0.260 e. The number of amides is 1. The minimum absolute atomic E-state index is 0.103. The number of fused-ring (bicyclic) bond motifs is 1. The molecule has 2 heterocycles. The first-order valence-corrected chi connectivity index (χ1v) is 9.52. The number of nitrogen functional groups attached to an aromatic ring is 1. The summed E-state index contributed by atoms with van der Waals surface area (Å²) < 4.78 is 6.77. The van der Waals surface area contributed by atoms with Crippen molar-refractivity contribution in [3.8, 4) is 5.75 Å². The number of methoxy groups -OCH3 is 1. The van der Waals surface area contributed by atoms with Gasteiger partial charge in [-0.25, -0.2) is 0 Å². The Morgan fingerprint density at radius 3 is 2.40 bits per heavy atom. The number of rotatable bonds is 5. The molecule has 0 aliphatic rings. The lowest BCUT2D eigenvalue weighted by atomic mass is 10.1. The topological polar surface area (TPSA) is 85.8 Å². The quantitative estimate of drug-likeness (QED) is 0.460. The number of pyridine rings is 1. The van der Waals surface area contributed by atoms with Gasteiger partial charge in [-0.3, -0.25) is 9.59 Å². The Morgan fingerprint density at radius 1 is 1.00 bits per heavy atom. The van der Waals surface area contributed by atoms with E-state index in [1.54, 1.807) is 84.4 Å². The molecule has 2 aromatic heterocycles. The lowest BCUT2D eigenvalue weighted by molar-refractivity contribution is 0.102. The third-order valence-corrected chi connectivity index (χ3v) is 5.13. The molecule has 0 spiro atoms. The number of carbonyl (C=O) groups excluding carboxylic acids is 2. The summed E-state index contributed by atoms with van der Waals surface area (Å²) in [6.07, 6.45) is 1.70. The first-order valence-electron chi connectivity index (χ1n) is 9.14. The van der Waals surface area contributed by atoms with E-state index in [-0.39, 0.29) is 22.7 Å². The fourth-order valence-electron chi connectivity index (χ4n) is 3.32. The van der Waals surface area contributed by atoms with Crippen LogP contribution < -0.4 is 15.8 Å². The van der Waals surface area contributed by atoms with Crippen molar-refractivity contribution < 1.29 is 14.3 Å². The van der Waals surface area contributed by atoms with Gasteiger partial charge in [0.05, 0.1) is 34.6 Å². The number of nitrogens with one attached hydrogen (secondary N) is 1. The van der Waals surface area contributed by atoms with Crippen LogP contribution >= 0.6 is 11.6 Å². The smallest absolute Gasteiger partial charge is 0.260 e. The highest BCUT2D eigenvalue weighted by atomic mass is 35.5. The van der Waals surface area contributed by atoms with Crippen molar-refractivity contribution in [1.82, 2.24) is 4.40 Å². The second-order valence-electron chi connectivity index (χ2n) is 6.58. The Hall–Kier alpha value is -3.77. The van der Waals surface area contributed by atoms with Crippen molar-refractivity contribution in [3.05, 3.63) is 94.8 Å². The fraction of sp³-hybridized carbons (Fsp3) is 0.0435. The largest absolute Gasteiger partial charge is 0.497 e. The third-order valence-electron chi connectivity index (χ3n) is 4.80. The molecule has 3 N–H and O–H groups in total. The van der Waals surface area contributed by atoms with E-state index < -0.39 is 5.91 Å². The summed E-state index contributed by atoms with van der Waals surface area (Å²) in [6, 6.07) is 18.9. The van der Waals surface area contributed by atoms with Crippen LogP contribution in [0.3, 0.4) is 0 Å². The van der Waals surface area contributed by atoms with Crippen molar-refractivity contribution in [3.63, 3.8) is 0 Å². The van der Waals surface area contributed by atoms with Gasteiger partial charge >= 0.3 is 0 Å². The lowest BCUT2D eigenvalue weighted by Gasteiger charge is -2.07. The second-order valence-corrected chi connectivity index (χ2v) is 6.99. The Bertz CT molecular complexity index is 1260. The summed E-state index contributed by atoms with van der Waals surface area (Å²) in [7, 11) is 1.55. The zero-order valence-corrected chi connectivity index (χ0v) is 16.8. The minimum atomic E-state index is -0.446. The summed E-state index contributed by atoms with van der Waals surface area (Å²) in [6.45, 7) is 0. The SMILES string of the molecule is COc1ccc(C(=O)c2c(N)c(C(=O)Nc3ccccc3Cl)c3ccccn23)cc1. The summed E-state index contributed by atoms with van der Waals surface area (Å²) >= 11 is 6.16. The summed E-state index contributed by atoms with van der Waals surface area (Å²) in [4.78, 5) is 26.3. The number of ketones is 1. The molecule has 4 aromatic rings. The number of carbonyl (C=O) groups is 2. The monoisotopic (exact) mass is 419 g/mol. The molecule has 30 heavy (non-hydrogen) atoms. The van der Waals surface area contributed by atoms with Gasteiger partial charge in [0, 0.05) is 11.8 Å². The molecule has 0 bridgehead atoms. The van der Waals surface area contributed by atoms with Crippen LogP contribution in [0.15, 0.2) is 72.9 Å². The maximum absolute atomic E-state index is 13.2. The molecule has 0 saturated heterocycles. The van der Waals surface area contributed by atoms with Gasteiger partial charge in [-0.05, 0) is 48.5 Å². The van der Waals surface area contributed by atoms with Crippen LogP contribution in [-0.4, -0.2) is 23.2 Å². The van der Waals surface area contributed by atoms with Crippen LogP contribution in [0.4, 0.5) is 11.4 Å². The average molecular weight is 420 g/mol. The number of hydrogen-bond donors (Lipinski definition) is 2. The van der Waals surface area contributed by atoms with Gasteiger partial charge in [0.2, 0.25) is 5.78 Å². The van der Waals surface area contributed by atoms with Crippen LogP contribution in [0.25, 0.3) is 5.52 Å². The van der Waals surface area contributed by atoms with E-state index in [0.717, 1.165) is 0 Å². The highest BCUT2D eigenvalue weighted by Crippen LogP contribution is 2.30. The second kappa shape index (κ2) is 7.93. The number of aromatic nitrogens is 1. The number of halogens is 1. The van der Waals surface area contributed by atoms with Crippen LogP contribution in [0.2, 0.25) is 5.02 Å². The van der Waals surface area contributed by atoms with Gasteiger partial charge in [-0.1, -0.05) is 29.8 Å². The molecule has 0 aliphatic carbocycles. The summed E-state index contributed by atoms with van der Waals surface area (Å²) in [5, 5.41) is 3.18. The highest BCUT2D eigenvalue weighted by Gasteiger charge is 2.26. The molecule has 6 nitrogen and oxygen atoms in total. The van der Waals surface area contributed by atoms with Crippen molar-refractivity contribution in [1.29, 1.82) is 0 Å². The number of hydrogen-bond acceptors (Lipinski definition) is 4. The van der Waals surface area contributed by atoms with Gasteiger partial charge in [0.15, 0.2) is 0 Å². The van der Waals surface area contributed by atoms with Crippen LogP contribution in [0.5, 0.6) is 5.75 Å². The predicted octanol–water partition coefficient (Wildman–Crippen LogP) is 4.67. The number of ether oxygens (including phenoxy) is 1. The van der Waals surface area contributed by atoms with Gasteiger partial charge in [-0.2, -0.15) is 0 Å². The van der Waals surface area contributed by atoms with Crippen LogP contribution in [0, 0.1) is 0 Å². The molecule has 1 amide bonds. The summed E-state index contributed by atoms with van der Waals surface area (Å²) in [5.41, 5.74) is 8.30. The molecule has 150 valence electrons. The normalized spacial score (nSPS) is 10.7. The van der Waals surface area contributed by atoms with Gasteiger partial charge in [0.1, 0.15) is 11.4 Å². The van der Waals surface area contributed by atoms with Crippen LogP contribution in [-0.2, 0) is 0 Å². The molecule has 0 atom stereocenters. The fourth-order valence-corrected chi connectivity index (χ4v) is 3.51. The summed E-state index contributed by atoms with van der Waals surface area (Å²) in [5.74, 6) is -0.106. The molecule has 0 radical (unpaired) electrons. The molecule has 0 aliphatic heterocycles. The van der Waals surface area contributed by atoms with Gasteiger partial charge in [-0.15, -0.1) is 0 Å². The van der Waals surface area contributed by atoms with Crippen molar-refractivity contribution >= 4 is 40.2 Å². The molecule has 0 fully saturated rings. The van der Waals surface area contributed by atoms with Gasteiger partial charge < -0.3 is 20.2 Å².